The van der Waals surface area contributed by atoms with Crippen LogP contribution in [0.4, 0.5) is 0 Å². The summed E-state index contributed by atoms with van der Waals surface area (Å²) in [5.74, 6) is 3.00. The highest BCUT2D eigenvalue weighted by Gasteiger charge is 2.31. The van der Waals surface area contributed by atoms with Crippen molar-refractivity contribution in [2.24, 2.45) is 11.7 Å². The highest BCUT2D eigenvalue weighted by atomic mass is 16.4. The molecule has 1 fully saturated rings. The predicted molar refractivity (Wildman–Crippen MR) is 45.5 cm³/mol. The predicted octanol–water partition coefficient (Wildman–Crippen LogP) is 1.65. The van der Waals surface area contributed by atoms with E-state index < -0.39 is 0 Å². The topological polar surface area (TPSA) is 52.0 Å². The van der Waals surface area contributed by atoms with Crippen molar-refractivity contribution in [3.63, 3.8) is 0 Å². The van der Waals surface area contributed by atoms with Crippen molar-refractivity contribution in [1.29, 1.82) is 0 Å². The molecular formula is C9H14N2O. The van der Waals surface area contributed by atoms with Crippen LogP contribution < -0.4 is 5.73 Å². The summed E-state index contributed by atoms with van der Waals surface area (Å²) in [4.78, 5) is 4.07. The molecule has 3 heteroatoms. The number of hydrogen-bond acceptors (Lipinski definition) is 3. The maximum absolute atomic E-state index is 5.46. The highest BCUT2D eigenvalue weighted by Crippen LogP contribution is 2.42. The quantitative estimate of drug-likeness (QED) is 0.742. The average molecular weight is 166 g/mol. The van der Waals surface area contributed by atoms with Gasteiger partial charge in [-0.05, 0) is 18.8 Å². The van der Waals surface area contributed by atoms with Gasteiger partial charge in [-0.3, -0.25) is 0 Å². The Labute approximate surface area is 72.0 Å². The van der Waals surface area contributed by atoms with Crippen molar-refractivity contribution in [1.82, 2.24) is 4.98 Å². The second kappa shape index (κ2) is 2.90. The molecule has 1 saturated carbocycles. The number of nitrogens with two attached hydrogens (primary N) is 1. The first kappa shape index (κ1) is 7.80. The third-order valence-corrected chi connectivity index (χ3v) is 2.52. The third-order valence-electron chi connectivity index (χ3n) is 2.52. The minimum absolute atomic E-state index is 0.400. The molecule has 1 atom stereocenters. The molecule has 2 N–H and O–H groups in total. The molecule has 1 aliphatic rings. The standard InChI is InChI=1S/C9H14N2O/c1-6(7-2-3-7)8-5-11-9(4-10)12-8/h5-7H,2-4,10H2,1H3. The first-order valence-electron chi connectivity index (χ1n) is 4.46. The summed E-state index contributed by atoms with van der Waals surface area (Å²) < 4.78 is 5.46. The molecule has 0 spiro atoms. The fourth-order valence-electron chi connectivity index (χ4n) is 1.46. The SMILES string of the molecule is CC(c1cnc(CN)o1)C1CC1. The van der Waals surface area contributed by atoms with E-state index in [9.17, 15) is 0 Å². The van der Waals surface area contributed by atoms with Gasteiger partial charge in [-0.25, -0.2) is 4.98 Å². The molecule has 1 aliphatic carbocycles. The lowest BCUT2D eigenvalue weighted by Gasteiger charge is -2.03. The van der Waals surface area contributed by atoms with Crippen molar-refractivity contribution in [3.05, 3.63) is 17.8 Å². The summed E-state index contributed by atoms with van der Waals surface area (Å²) in [5.41, 5.74) is 5.40. The van der Waals surface area contributed by atoms with Crippen LogP contribution in [0.15, 0.2) is 10.6 Å². The monoisotopic (exact) mass is 166 g/mol. The van der Waals surface area contributed by atoms with Gasteiger partial charge in [0.1, 0.15) is 5.76 Å². The molecule has 1 aromatic heterocycles. The Kier molecular flexibility index (Phi) is 1.89. The van der Waals surface area contributed by atoms with Crippen molar-refractivity contribution in [3.8, 4) is 0 Å². The van der Waals surface area contributed by atoms with E-state index >= 15 is 0 Å². The Morgan fingerprint density at radius 1 is 1.75 bits per heavy atom. The normalized spacial score (nSPS) is 19.5. The first-order chi connectivity index (χ1) is 5.81. The average Bonchev–Trinajstić information content (AvgIpc) is 2.82. The fourth-order valence-corrected chi connectivity index (χ4v) is 1.46. The van der Waals surface area contributed by atoms with E-state index in [-0.39, 0.29) is 0 Å². The summed E-state index contributed by atoms with van der Waals surface area (Å²) >= 11 is 0. The van der Waals surface area contributed by atoms with E-state index in [0.717, 1.165) is 11.7 Å². The summed E-state index contributed by atoms with van der Waals surface area (Å²) in [6.45, 7) is 2.59. The first-order valence-corrected chi connectivity index (χ1v) is 4.46. The van der Waals surface area contributed by atoms with Gasteiger partial charge in [0.05, 0.1) is 12.7 Å². The van der Waals surface area contributed by atoms with E-state index in [0.29, 0.717) is 18.4 Å². The Morgan fingerprint density at radius 2 is 2.50 bits per heavy atom. The number of nitrogens with zero attached hydrogens (tertiary/aromatic N) is 1. The Hall–Kier alpha value is -0.830. The van der Waals surface area contributed by atoms with Crippen LogP contribution in [-0.2, 0) is 6.54 Å². The molecule has 0 aromatic carbocycles. The molecule has 3 nitrogen and oxygen atoms in total. The third kappa shape index (κ3) is 1.37. The van der Waals surface area contributed by atoms with E-state index in [1.807, 2.05) is 6.20 Å². The summed E-state index contributed by atoms with van der Waals surface area (Å²) in [6.07, 6.45) is 4.48. The van der Waals surface area contributed by atoms with Crippen LogP contribution in [0, 0.1) is 5.92 Å². The Bertz CT molecular complexity index is 265. The van der Waals surface area contributed by atoms with Crippen molar-refractivity contribution >= 4 is 0 Å². The van der Waals surface area contributed by atoms with Gasteiger partial charge in [-0.2, -0.15) is 0 Å². The lowest BCUT2D eigenvalue weighted by atomic mass is 10.0. The summed E-state index contributed by atoms with van der Waals surface area (Å²) in [7, 11) is 0. The van der Waals surface area contributed by atoms with E-state index in [1.165, 1.54) is 12.8 Å². The molecule has 0 bridgehead atoms. The fraction of sp³-hybridized carbons (Fsp3) is 0.667. The van der Waals surface area contributed by atoms with Gasteiger partial charge in [-0.15, -0.1) is 0 Å². The van der Waals surface area contributed by atoms with Gasteiger partial charge in [0, 0.05) is 5.92 Å². The second-order valence-electron chi connectivity index (χ2n) is 3.49. The highest BCUT2D eigenvalue weighted by molar-refractivity contribution is 5.05. The van der Waals surface area contributed by atoms with Crippen LogP contribution in [0.1, 0.15) is 37.3 Å². The van der Waals surface area contributed by atoms with E-state index in [2.05, 4.69) is 11.9 Å². The van der Waals surface area contributed by atoms with Crippen molar-refractivity contribution < 1.29 is 4.42 Å². The maximum atomic E-state index is 5.46. The number of aromatic nitrogens is 1. The van der Waals surface area contributed by atoms with Crippen LogP contribution >= 0.6 is 0 Å². The Morgan fingerprint density at radius 3 is 3.00 bits per heavy atom. The van der Waals surface area contributed by atoms with Gasteiger partial charge in [0.25, 0.3) is 0 Å². The summed E-state index contributed by atoms with van der Waals surface area (Å²) in [6, 6.07) is 0. The van der Waals surface area contributed by atoms with Gasteiger partial charge in [-0.1, -0.05) is 6.92 Å². The molecule has 1 unspecified atom stereocenters. The van der Waals surface area contributed by atoms with Crippen molar-refractivity contribution in [2.45, 2.75) is 32.2 Å². The second-order valence-corrected chi connectivity index (χ2v) is 3.49. The number of hydrogen-bond donors (Lipinski definition) is 1. The number of rotatable bonds is 3. The molecule has 1 aromatic rings. The van der Waals surface area contributed by atoms with Gasteiger partial charge >= 0.3 is 0 Å². The van der Waals surface area contributed by atoms with Gasteiger partial charge < -0.3 is 10.2 Å². The van der Waals surface area contributed by atoms with E-state index in [1.54, 1.807) is 0 Å². The maximum Gasteiger partial charge on any atom is 0.208 e. The van der Waals surface area contributed by atoms with Crippen LogP contribution in [0.25, 0.3) is 0 Å². The molecule has 66 valence electrons. The largest absolute Gasteiger partial charge is 0.444 e. The molecule has 0 aliphatic heterocycles. The molecule has 12 heavy (non-hydrogen) atoms. The molecule has 0 radical (unpaired) electrons. The molecule has 2 rings (SSSR count). The zero-order valence-electron chi connectivity index (χ0n) is 7.29. The van der Waals surface area contributed by atoms with Crippen LogP contribution in [0.2, 0.25) is 0 Å². The lowest BCUT2D eigenvalue weighted by Crippen LogP contribution is -1.96. The number of oxazole rings is 1. The summed E-state index contributed by atoms with van der Waals surface area (Å²) in [5, 5.41) is 0. The van der Waals surface area contributed by atoms with Crippen LogP contribution in [0.3, 0.4) is 0 Å². The van der Waals surface area contributed by atoms with Crippen LogP contribution in [0.5, 0.6) is 0 Å². The molecule has 0 saturated heterocycles. The zero-order valence-corrected chi connectivity index (χ0v) is 7.29. The molecule has 1 heterocycles. The van der Waals surface area contributed by atoms with Gasteiger partial charge in [0.2, 0.25) is 5.89 Å². The Balaban J connectivity index is 2.10. The molecule has 0 amide bonds. The minimum Gasteiger partial charge on any atom is -0.444 e. The molecular weight excluding hydrogens is 152 g/mol. The van der Waals surface area contributed by atoms with Crippen molar-refractivity contribution in [2.75, 3.05) is 0 Å². The zero-order chi connectivity index (χ0) is 8.55. The van der Waals surface area contributed by atoms with E-state index in [4.69, 9.17) is 10.2 Å². The van der Waals surface area contributed by atoms with Crippen LogP contribution in [-0.4, -0.2) is 4.98 Å². The minimum atomic E-state index is 0.400. The lowest BCUT2D eigenvalue weighted by molar-refractivity contribution is 0.418. The van der Waals surface area contributed by atoms with Gasteiger partial charge in [0.15, 0.2) is 0 Å². The smallest absolute Gasteiger partial charge is 0.208 e.